The van der Waals surface area contributed by atoms with E-state index in [2.05, 4.69) is 6.58 Å². The van der Waals surface area contributed by atoms with Crippen LogP contribution in [0.2, 0.25) is 0 Å². The Bertz CT molecular complexity index is 831. The molecule has 5 atom stereocenters. The van der Waals surface area contributed by atoms with Gasteiger partial charge in [-0.3, -0.25) is 4.79 Å². The Hall–Kier alpha value is -2.60. The van der Waals surface area contributed by atoms with Gasteiger partial charge in [0.05, 0.1) is 25.2 Å². The van der Waals surface area contributed by atoms with Crippen molar-refractivity contribution in [2.75, 3.05) is 12.0 Å². The van der Waals surface area contributed by atoms with Crippen LogP contribution >= 0.6 is 0 Å². The normalized spacial score (nSPS) is 34.2. The molecular weight excluding hydrogens is 334 g/mol. The van der Waals surface area contributed by atoms with Crippen molar-refractivity contribution in [2.24, 2.45) is 11.8 Å². The average Bonchev–Trinajstić information content (AvgIpc) is 3.24. The Morgan fingerprint density at radius 2 is 2.23 bits per heavy atom. The van der Waals surface area contributed by atoms with E-state index >= 15 is 0 Å². The first-order chi connectivity index (χ1) is 12.4. The van der Waals surface area contributed by atoms with Crippen LogP contribution in [0.4, 0.5) is 5.69 Å². The van der Waals surface area contributed by atoms with Crippen LogP contribution in [-0.4, -0.2) is 36.7 Å². The van der Waals surface area contributed by atoms with Gasteiger partial charge in [-0.25, -0.2) is 0 Å². The number of carboxylic acid groups (broad SMARTS) is 1. The number of nitrogens with zero attached hydrogens (tertiary/aromatic N) is 1. The summed E-state index contributed by atoms with van der Waals surface area (Å²) in [5.74, 6) is -2.66. The molecule has 0 aromatic heterocycles. The molecule has 0 N–H and O–H groups in total. The highest BCUT2D eigenvalue weighted by atomic mass is 16.5. The summed E-state index contributed by atoms with van der Waals surface area (Å²) in [6.07, 6.45) is 3.49. The molecule has 3 aliphatic heterocycles. The summed E-state index contributed by atoms with van der Waals surface area (Å²) < 4.78 is 11.4. The van der Waals surface area contributed by atoms with E-state index in [1.54, 1.807) is 36.3 Å². The number of amides is 1. The number of carboxylic acids is 1. The molecule has 26 heavy (non-hydrogen) atoms. The third kappa shape index (κ3) is 2.15. The highest BCUT2D eigenvalue weighted by molar-refractivity contribution is 6.03. The molecule has 136 valence electrons. The predicted octanol–water partition coefficient (Wildman–Crippen LogP) is 1.07. The maximum absolute atomic E-state index is 13.3. The topological polar surface area (TPSA) is 78.9 Å². The van der Waals surface area contributed by atoms with Gasteiger partial charge in [-0.05, 0) is 25.5 Å². The van der Waals surface area contributed by atoms with Crippen LogP contribution in [0.3, 0.4) is 0 Å². The molecule has 3 heterocycles. The minimum absolute atomic E-state index is 0.259. The number of aliphatic carboxylic acids is 1. The zero-order valence-corrected chi connectivity index (χ0v) is 14.7. The molecule has 3 aliphatic rings. The second-order valence-corrected chi connectivity index (χ2v) is 7.20. The highest BCUT2D eigenvalue weighted by Gasteiger charge is 2.69. The smallest absolute Gasteiger partial charge is 0.234 e. The number of carbonyl (C=O) groups excluding carboxylic acids is 2. The number of hydrogen-bond donors (Lipinski definition) is 0. The average molecular weight is 354 g/mol. The second-order valence-electron chi connectivity index (χ2n) is 7.20. The van der Waals surface area contributed by atoms with Crippen LogP contribution in [0.5, 0.6) is 5.75 Å². The van der Waals surface area contributed by atoms with Crippen LogP contribution in [0.25, 0.3) is 0 Å². The zero-order chi connectivity index (χ0) is 18.6. The molecule has 1 aromatic carbocycles. The fraction of sp³-hybridized carbons (Fsp3) is 0.400. The minimum Gasteiger partial charge on any atom is -0.550 e. The SMILES string of the molecule is C=C(C)C[C@@H]1N(c2cccc(OC)c2)C(=O)[C@H]2[C@@H](C(=O)[O-])[C@H]3C=C[C@@]12O3. The van der Waals surface area contributed by atoms with Gasteiger partial charge in [-0.2, -0.15) is 0 Å². The number of carbonyl (C=O) groups is 2. The van der Waals surface area contributed by atoms with E-state index in [1.165, 1.54) is 0 Å². The summed E-state index contributed by atoms with van der Waals surface area (Å²) in [5.41, 5.74) is 0.583. The van der Waals surface area contributed by atoms with E-state index in [0.29, 0.717) is 17.9 Å². The van der Waals surface area contributed by atoms with Gasteiger partial charge in [0.15, 0.2) is 0 Å². The molecule has 0 radical (unpaired) electrons. The number of anilines is 1. The Morgan fingerprint density at radius 3 is 2.88 bits per heavy atom. The van der Waals surface area contributed by atoms with Gasteiger partial charge in [0, 0.05) is 23.6 Å². The molecule has 0 unspecified atom stereocenters. The standard InChI is InChI=1S/C20H21NO5/c1-11(2)9-15-20-8-7-14(26-20)16(19(23)24)17(20)18(22)21(15)12-5-4-6-13(10-12)25-3/h4-8,10,14-17H,1,9H2,2-3H3,(H,23,24)/p-1/t14-,15+,16+,17-,20-/m1/s1. The Labute approximate surface area is 151 Å². The molecule has 1 aromatic rings. The van der Waals surface area contributed by atoms with Crippen LogP contribution in [0, 0.1) is 11.8 Å². The van der Waals surface area contributed by atoms with E-state index in [1.807, 2.05) is 19.1 Å². The van der Waals surface area contributed by atoms with Gasteiger partial charge in [0.1, 0.15) is 11.4 Å². The first-order valence-corrected chi connectivity index (χ1v) is 8.58. The van der Waals surface area contributed by atoms with Crippen LogP contribution in [-0.2, 0) is 14.3 Å². The number of benzene rings is 1. The molecule has 1 spiro atoms. The summed E-state index contributed by atoms with van der Waals surface area (Å²) in [7, 11) is 1.56. The first kappa shape index (κ1) is 16.8. The number of hydrogen-bond acceptors (Lipinski definition) is 5. The second kappa shape index (κ2) is 5.71. The van der Waals surface area contributed by atoms with E-state index in [4.69, 9.17) is 9.47 Å². The molecule has 4 rings (SSSR count). The van der Waals surface area contributed by atoms with Gasteiger partial charge in [0.25, 0.3) is 0 Å². The summed E-state index contributed by atoms with van der Waals surface area (Å²) in [6.45, 7) is 5.87. The largest absolute Gasteiger partial charge is 0.550 e. The van der Waals surface area contributed by atoms with Crippen LogP contribution < -0.4 is 14.7 Å². The van der Waals surface area contributed by atoms with Crippen molar-refractivity contribution >= 4 is 17.6 Å². The van der Waals surface area contributed by atoms with Gasteiger partial charge in [-0.15, -0.1) is 6.58 Å². The maximum atomic E-state index is 13.3. The Balaban J connectivity index is 1.84. The lowest BCUT2D eigenvalue weighted by molar-refractivity contribution is -0.313. The first-order valence-electron chi connectivity index (χ1n) is 8.58. The molecule has 2 fully saturated rings. The molecular formula is C20H20NO5-. The summed E-state index contributed by atoms with van der Waals surface area (Å²) in [6, 6.07) is 6.81. The van der Waals surface area contributed by atoms with E-state index in [-0.39, 0.29) is 11.9 Å². The monoisotopic (exact) mass is 354 g/mol. The van der Waals surface area contributed by atoms with E-state index < -0.39 is 29.5 Å². The molecule has 2 saturated heterocycles. The fourth-order valence-corrected chi connectivity index (χ4v) is 4.57. The van der Waals surface area contributed by atoms with Crippen molar-refractivity contribution in [3.63, 3.8) is 0 Å². The van der Waals surface area contributed by atoms with Gasteiger partial charge < -0.3 is 24.3 Å². The molecule has 0 saturated carbocycles. The lowest BCUT2D eigenvalue weighted by Crippen LogP contribution is -2.46. The van der Waals surface area contributed by atoms with Gasteiger partial charge in [-0.1, -0.05) is 23.8 Å². The summed E-state index contributed by atoms with van der Waals surface area (Å²) >= 11 is 0. The number of fused-ring (bicyclic) bond motifs is 1. The van der Waals surface area contributed by atoms with Crippen molar-refractivity contribution in [1.82, 2.24) is 0 Å². The summed E-state index contributed by atoms with van der Waals surface area (Å²) in [5, 5.41) is 11.7. The number of methoxy groups -OCH3 is 1. The van der Waals surface area contributed by atoms with Gasteiger partial charge in [0.2, 0.25) is 5.91 Å². The Morgan fingerprint density at radius 1 is 1.46 bits per heavy atom. The third-order valence-corrected chi connectivity index (χ3v) is 5.57. The third-order valence-electron chi connectivity index (χ3n) is 5.57. The van der Waals surface area contributed by atoms with Crippen molar-refractivity contribution in [3.05, 3.63) is 48.6 Å². The van der Waals surface area contributed by atoms with Crippen LogP contribution in [0.15, 0.2) is 48.6 Å². The highest BCUT2D eigenvalue weighted by Crippen LogP contribution is 2.56. The fourth-order valence-electron chi connectivity index (χ4n) is 4.57. The Kier molecular flexibility index (Phi) is 3.70. The van der Waals surface area contributed by atoms with Crippen molar-refractivity contribution < 1.29 is 24.2 Å². The van der Waals surface area contributed by atoms with E-state index in [9.17, 15) is 14.7 Å². The molecule has 1 amide bonds. The lowest BCUT2D eigenvalue weighted by Gasteiger charge is -2.33. The molecule has 6 nitrogen and oxygen atoms in total. The predicted molar refractivity (Wildman–Crippen MR) is 92.4 cm³/mol. The van der Waals surface area contributed by atoms with Crippen molar-refractivity contribution in [2.45, 2.75) is 31.1 Å². The quantitative estimate of drug-likeness (QED) is 0.739. The molecule has 0 aliphatic carbocycles. The lowest BCUT2D eigenvalue weighted by atomic mass is 9.74. The maximum Gasteiger partial charge on any atom is 0.234 e. The molecule has 6 heteroatoms. The number of ether oxygens (including phenoxy) is 2. The van der Waals surface area contributed by atoms with E-state index in [0.717, 1.165) is 5.57 Å². The van der Waals surface area contributed by atoms with Gasteiger partial charge >= 0.3 is 0 Å². The van der Waals surface area contributed by atoms with Crippen molar-refractivity contribution in [1.29, 1.82) is 0 Å². The van der Waals surface area contributed by atoms with Crippen LogP contribution in [0.1, 0.15) is 13.3 Å². The molecule has 2 bridgehead atoms. The zero-order valence-electron chi connectivity index (χ0n) is 14.7. The minimum atomic E-state index is -1.25. The summed E-state index contributed by atoms with van der Waals surface area (Å²) in [4.78, 5) is 26.7. The van der Waals surface area contributed by atoms with Crippen molar-refractivity contribution in [3.8, 4) is 5.75 Å². The number of rotatable bonds is 5.